The largest absolute Gasteiger partial charge is 0.469 e. The van der Waals surface area contributed by atoms with E-state index in [1.54, 1.807) is 13.8 Å². The summed E-state index contributed by atoms with van der Waals surface area (Å²) in [7, 11) is 1.34. The van der Waals surface area contributed by atoms with Crippen LogP contribution in [0.3, 0.4) is 0 Å². The molecular weight excluding hydrogens is 196 g/mol. The van der Waals surface area contributed by atoms with Gasteiger partial charge in [-0.1, -0.05) is 0 Å². The number of carbonyl (C=O) groups is 3. The zero-order valence-electron chi connectivity index (χ0n) is 9.54. The number of ether oxygens (including phenoxy) is 1. The smallest absolute Gasteiger partial charge is 0.305 e. The fourth-order valence-corrected chi connectivity index (χ4v) is 1.04. The minimum absolute atomic E-state index is 0.0811. The Balaban J connectivity index is 3.74. The first-order chi connectivity index (χ1) is 6.94. The molecule has 0 aliphatic carbocycles. The van der Waals surface area contributed by atoms with Crippen LogP contribution in [0.2, 0.25) is 0 Å². The van der Waals surface area contributed by atoms with Crippen molar-refractivity contribution in [2.75, 3.05) is 7.11 Å². The predicted molar refractivity (Wildman–Crippen MR) is 55.3 cm³/mol. The van der Waals surface area contributed by atoms with Gasteiger partial charge in [-0.2, -0.15) is 0 Å². The van der Waals surface area contributed by atoms with Gasteiger partial charge in [0.25, 0.3) is 0 Å². The van der Waals surface area contributed by atoms with Crippen molar-refractivity contribution in [3.8, 4) is 0 Å². The van der Waals surface area contributed by atoms with Crippen LogP contribution in [0.25, 0.3) is 0 Å². The van der Waals surface area contributed by atoms with Crippen molar-refractivity contribution in [2.24, 2.45) is 5.41 Å². The van der Waals surface area contributed by atoms with Gasteiger partial charge in [0.2, 0.25) is 0 Å². The van der Waals surface area contributed by atoms with Crippen LogP contribution < -0.4 is 0 Å². The molecule has 0 aromatic rings. The van der Waals surface area contributed by atoms with Gasteiger partial charge >= 0.3 is 5.97 Å². The second-order valence-electron chi connectivity index (χ2n) is 4.05. The van der Waals surface area contributed by atoms with Gasteiger partial charge in [-0.15, -0.1) is 0 Å². The Hall–Kier alpha value is -1.19. The number of carbonyl (C=O) groups excluding carboxylic acids is 3. The van der Waals surface area contributed by atoms with Gasteiger partial charge in [0.05, 0.1) is 12.5 Å². The highest BCUT2D eigenvalue weighted by Crippen LogP contribution is 2.17. The molecule has 0 radical (unpaired) electrons. The van der Waals surface area contributed by atoms with E-state index in [9.17, 15) is 14.4 Å². The number of unbranched alkanes of at least 4 members (excludes halogenated alkanes) is 1. The fourth-order valence-electron chi connectivity index (χ4n) is 1.04. The van der Waals surface area contributed by atoms with Gasteiger partial charge in [-0.3, -0.25) is 9.59 Å². The van der Waals surface area contributed by atoms with Gasteiger partial charge in [-0.05, 0) is 26.7 Å². The molecule has 0 atom stereocenters. The highest BCUT2D eigenvalue weighted by Gasteiger charge is 2.25. The summed E-state index contributed by atoms with van der Waals surface area (Å²) >= 11 is 0. The minimum Gasteiger partial charge on any atom is -0.469 e. The molecule has 4 nitrogen and oxygen atoms in total. The molecule has 0 aromatic heterocycles. The summed E-state index contributed by atoms with van der Waals surface area (Å²) in [6.45, 7) is 3.20. The summed E-state index contributed by atoms with van der Waals surface area (Å²) in [4.78, 5) is 32.8. The summed E-state index contributed by atoms with van der Waals surface area (Å²) < 4.78 is 4.47. The predicted octanol–water partition coefficient (Wildman–Crippen LogP) is 1.51. The molecule has 0 aliphatic heterocycles. The number of aldehydes is 1. The summed E-state index contributed by atoms with van der Waals surface area (Å²) in [6.07, 6.45) is 2.56. The molecule has 0 rings (SSSR count). The Morgan fingerprint density at radius 1 is 1.20 bits per heavy atom. The Labute approximate surface area is 90.0 Å². The Morgan fingerprint density at radius 3 is 2.20 bits per heavy atom. The lowest BCUT2D eigenvalue weighted by atomic mass is 9.87. The molecule has 0 spiro atoms. The van der Waals surface area contributed by atoms with Crippen molar-refractivity contribution in [3.63, 3.8) is 0 Å². The standard InChI is InChI=1S/C11H18O4/c1-11(2,8-12)9(13)6-4-5-7-10(14)15-3/h8H,4-7H2,1-3H3. The molecular formula is C11H18O4. The highest BCUT2D eigenvalue weighted by atomic mass is 16.5. The first kappa shape index (κ1) is 13.8. The average Bonchev–Trinajstić information content (AvgIpc) is 2.23. The van der Waals surface area contributed by atoms with E-state index in [0.717, 1.165) is 0 Å². The van der Waals surface area contributed by atoms with E-state index >= 15 is 0 Å². The SMILES string of the molecule is COC(=O)CCCCC(=O)C(C)(C)C=O. The lowest BCUT2D eigenvalue weighted by Gasteiger charge is -2.14. The van der Waals surface area contributed by atoms with Crippen molar-refractivity contribution in [1.29, 1.82) is 0 Å². The van der Waals surface area contributed by atoms with Gasteiger partial charge in [-0.25, -0.2) is 0 Å². The molecule has 0 aliphatic rings. The first-order valence-corrected chi connectivity index (χ1v) is 5.00. The molecule has 0 saturated carbocycles. The molecule has 0 heterocycles. The monoisotopic (exact) mass is 214 g/mol. The third-order valence-corrected chi connectivity index (χ3v) is 2.28. The van der Waals surface area contributed by atoms with Gasteiger partial charge < -0.3 is 9.53 Å². The summed E-state index contributed by atoms with van der Waals surface area (Å²) in [5, 5.41) is 0. The van der Waals surface area contributed by atoms with Gasteiger partial charge in [0, 0.05) is 12.8 Å². The molecule has 0 unspecified atom stereocenters. The molecule has 86 valence electrons. The molecule has 0 amide bonds. The topological polar surface area (TPSA) is 60.4 Å². The van der Waals surface area contributed by atoms with Gasteiger partial charge in [0.15, 0.2) is 0 Å². The maximum absolute atomic E-state index is 11.5. The van der Waals surface area contributed by atoms with E-state index in [4.69, 9.17) is 0 Å². The fraction of sp³-hybridized carbons (Fsp3) is 0.727. The van der Waals surface area contributed by atoms with Crippen LogP contribution in [0.15, 0.2) is 0 Å². The third-order valence-electron chi connectivity index (χ3n) is 2.28. The number of methoxy groups -OCH3 is 1. The zero-order chi connectivity index (χ0) is 11.9. The van der Waals surface area contributed by atoms with Crippen LogP contribution in [-0.4, -0.2) is 25.1 Å². The zero-order valence-corrected chi connectivity index (χ0v) is 9.54. The van der Waals surface area contributed by atoms with E-state index < -0.39 is 5.41 Å². The van der Waals surface area contributed by atoms with E-state index in [1.165, 1.54) is 7.11 Å². The number of ketones is 1. The van der Waals surface area contributed by atoms with E-state index in [-0.39, 0.29) is 11.8 Å². The number of hydrogen-bond donors (Lipinski definition) is 0. The molecule has 4 heteroatoms. The molecule has 0 N–H and O–H groups in total. The second-order valence-corrected chi connectivity index (χ2v) is 4.05. The minimum atomic E-state index is -0.898. The van der Waals surface area contributed by atoms with Crippen LogP contribution in [0.5, 0.6) is 0 Å². The van der Waals surface area contributed by atoms with Crippen LogP contribution in [0.1, 0.15) is 39.5 Å². The number of rotatable bonds is 7. The quantitative estimate of drug-likeness (QED) is 0.279. The van der Waals surface area contributed by atoms with Crippen molar-refractivity contribution in [3.05, 3.63) is 0 Å². The lowest BCUT2D eigenvalue weighted by Crippen LogP contribution is -2.25. The van der Waals surface area contributed by atoms with Gasteiger partial charge in [0.1, 0.15) is 12.1 Å². The summed E-state index contributed by atoms with van der Waals surface area (Å²) in [5.41, 5.74) is -0.898. The first-order valence-electron chi connectivity index (χ1n) is 5.00. The lowest BCUT2D eigenvalue weighted by molar-refractivity contribution is -0.141. The van der Waals surface area contributed by atoms with Crippen molar-refractivity contribution in [2.45, 2.75) is 39.5 Å². The normalized spacial score (nSPS) is 10.9. The molecule has 0 fully saturated rings. The maximum atomic E-state index is 11.5. The number of Topliss-reactive ketones (excluding diaryl/α,β-unsaturated/α-hetero) is 1. The summed E-state index contributed by atoms with van der Waals surface area (Å²) in [6, 6.07) is 0. The van der Waals surface area contributed by atoms with Crippen molar-refractivity contribution in [1.82, 2.24) is 0 Å². The molecule has 0 bridgehead atoms. The van der Waals surface area contributed by atoms with E-state index in [0.29, 0.717) is 32.0 Å². The van der Waals surface area contributed by atoms with Crippen LogP contribution >= 0.6 is 0 Å². The van der Waals surface area contributed by atoms with Crippen molar-refractivity contribution >= 4 is 18.0 Å². The number of hydrogen-bond acceptors (Lipinski definition) is 4. The third kappa shape index (κ3) is 5.30. The highest BCUT2D eigenvalue weighted by molar-refractivity contribution is 5.97. The Bertz CT molecular complexity index is 243. The van der Waals surface area contributed by atoms with E-state index in [1.807, 2.05) is 0 Å². The molecule has 0 aromatic carbocycles. The van der Waals surface area contributed by atoms with Crippen molar-refractivity contribution < 1.29 is 19.1 Å². The Morgan fingerprint density at radius 2 is 1.73 bits per heavy atom. The van der Waals surface area contributed by atoms with E-state index in [2.05, 4.69) is 4.74 Å². The van der Waals surface area contributed by atoms with Crippen LogP contribution in [-0.2, 0) is 19.1 Å². The average molecular weight is 214 g/mol. The Kier molecular flexibility index (Phi) is 5.82. The van der Waals surface area contributed by atoms with Crippen LogP contribution in [0.4, 0.5) is 0 Å². The second kappa shape index (κ2) is 6.32. The number of esters is 1. The molecule has 0 saturated heterocycles. The summed E-state index contributed by atoms with van der Waals surface area (Å²) in [5.74, 6) is -0.348. The van der Waals surface area contributed by atoms with Crippen LogP contribution in [0, 0.1) is 5.41 Å². The molecule has 15 heavy (non-hydrogen) atoms. The maximum Gasteiger partial charge on any atom is 0.305 e.